The summed E-state index contributed by atoms with van der Waals surface area (Å²) in [6.45, 7) is 4.54. The predicted octanol–water partition coefficient (Wildman–Crippen LogP) is 4.41. The van der Waals surface area contributed by atoms with E-state index in [1.54, 1.807) is 35.2 Å². The average Bonchev–Trinajstić information content (AvgIpc) is 2.79. The van der Waals surface area contributed by atoms with E-state index in [1.807, 2.05) is 13.8 Å². The molecule has 3 nitrogen and oxygen atoms in total. The average molecular weight is 309 g/mol. The molecule has 5 heteroatoms. The van der Waals surface area contributed by atoms with Crippen molar-refractivity contribution < 1.29 is 4.79 Å². The number of hydrogen-bond donors (Lipinski definition) is 0. The van der Waals surface area contributed by atoms with Crippen molar-refractivity contribution >= 4 is 35.1 Å². The van der Waals surface area contributed by atoms with Crippen LogP contribution in [0.1, 0.15) is 28.5 Å². The number of halogens is 2. The normalized spacial score (nSPS) is 11.2. The SMILES string of the molecule is CCn1cc(C(=O)/C=C/c2ccc(Cl)cc2Cl)c(C)n1. The van der Waals surface area contributed by atoms with E-state index >= 15 is 0 Å². The summed E-state index contributed by atoms with van der Waals surface area (Å²) in [4.78, 5) is 12.1. The van der Waals surface area contributed by atoms with E-state index in [-0.39, 0.29) is 5.78 Å². The fourth-order valence-electron chi connectivity index (χ4n) is 1.81. The fourth-order valence-corrected chi connectivity index (χ4v) is 2.29. The number of benzene rings is 1. The van der Waals surface area contributed by atoms with Gasteiger partial charge in [0.2, 0.25) is 0 Å². The van der Waals surface area contributed by atoms with Crippen LogP contribution in [0.2, 0.25) is 10.0 Å². The third kappa shape index (κ3) is 3.30. The van der Waals surface area contributed by atoms with Gasteiger partial charge in [0, 0.05) is 22.8 Å². The third-order valence-electron chi connectivity index (χ3n) is 2.91. The lowest BCUT2D eigenvalue weighted by atomic mass is 10.1. The van der Waals surface area contributed by atoms with Crippen molar-refractivity contribution in [2.45, 2.75) is 20.4 Å². The van der Waals surface area contributed by atoms with Gasteiger partial charge in [-0.15, -0.1) is 0 Å². The van der Waals surface area contributed by atoms with Crippen LogP contribution in [-0.4, -0.2) is 15.6 Å². The zero-order valence-electron chi connectivity index (χ0n) is 11.2. The van der Waals surface area contributed by atoms with E-state index in [4.69, 9.17) is 23.2 Å². The van der Waals surface area contributed by atoms with Crippen molar-refractivity contribution in [3.05, 3.63) is 57.3 Å². The minimum Gasteiger partial charge on any atom is -0.289 e. The van der Waals surface area contributed by atoms with Gasteiger partial charge in [0.15, 0.2) is 5.78 Å². The molecular weight excluding hydrogens is 295 g/mol. The van der Waals surface area contributed by atoms with Crippen LogP contribution in [0, 0.1) is 6.92 Å². The first-order chi connectivity index (χ1) is 9.51. The number of aryl methyl sites for hydroxylation is 2. The van der Waals surface area contributed by atoms with Gasteiger partial charge in [0.25, 0.3) is 0 Å². The second-order valence-electron chi connectivity index (χ2n) is 4.35. The monoisotopic (exact) mass is 308 g/mol. The van der Waals surface area contributed by atoms with Gasteiger partial charge in [0.05, 0.1) is 11.3 Å². The highest BCUT2D eigenvalue weighted by molar-refractivity contribution is 6.35. The maximum absolute atomic E-state index is 12.1. The summed E-state index contributed by atoms with van der Waals surface area (Å²) in [5, 5.41) is 5.34. The molecule has 20 heavy (non-hydrogen) atoms. The molecule has 0 aliphatic rings. The Labute approximate surface area is 127 Å². The molecule has 2 rings (SSSR count). The molecule has 0 fully saturated rings. The van der Waals surface area contributed by atoms with Crippen molar-refractivity contribution in [3.8, 4) is 0 Å². The number of allylic oxidation sites excluding steroid dienone is 1. The highest BCUT2D eigenvalue weighted by atomic mass is 35.5. The number of rotatable bonds is 4. The van der Waals surface area contributed by atoms with Gasteiger partial charge in [-0.1, -0.05) is 29.3 Å². The Morgan fingerprint density at radius 3 is 2.75 bits per heavy atom. The van der Waals surface area contributed by atoms with Gasteiger partial charge in [-0.25, -0.2) is 0 Å². The maximum atomic E-state index is 12.1. The van der Waals surface area contributed by atoms with Gasteiger partial charge in [-0.2, -0.15) is 5.10 Å². The summed E-state index contributed by atoms with van der Waals surface area (Å²) < 4.78 is 1.74. The number of nitrogens with zero attached hydrogens (tertiary/aromatic N) is 2. The molecule has 0 saturated carbocycles. The first-order valence-electron chi connectivity index (χ1n) is 6.22. The van der Waals surface area contributed by atoms with Gasteiger partial charge in [0.1, 0.15) is 0 Å². The molecule has 0 aliphatic heterocycles. The van der Waals surface area contributed by atoms with Gasteiger partial charge >= 0.3 is 0 Å². The highest BCUT2D eigenvalue weighted by Crippen LogP contribution is 2.22. The Kier molecular flexibility index (Phi) is 4.63. The lowest BCUT2D eigenvalue weighted by Crippen LogP contribution is -1.95. The number of hydrogen-bond acceptors (Lipinski definition) is 2. The van der Waals surface area contributed by atoms with E-state index < -0.39 is 0 Å². The Bertz CT molecular complexity index is 675. The summed E-state index contributed by atoms with van der Waals surface area (Å²) in [6.07, 6.45) is 4.94. The van der Waals surface area contributed by atoms with Crippen LogP contribution >= 0.6 is 23.2 Å². The van der Waals surface area contributed by atoms with Gasteiger partial charge in [-0.3, -0.25) is 9.48 Å². The number of ketones is 1. The van der Waals surface area contributed by atoms with E-state index in [0.717, 1.165) is 17.8 Å². The smallest absolute Gasteiger partial charge is 0.189 e. The largest absolute Gasteiger partial charge is 0.289 e. The van der Waals surface area contributed by atoms with Crippen molar-refractivity contribution in [2.24, 2.45) is 0 Å². The lowest BCUT2D eigenvalue weighted by Gasteiger charge is -1.98. The molecule has 1 aromatic heterocycles. The molecule has 1 aromatic carbocycles. The molecule has 0 amide bonds. The maximum Gasteiger partial charge on any atom is 0.189 e. The molecule has 0 atom stereocenters. The van der Waals surface area contributed by atoms with Crippen LogP contribution in [0.15, 0.2) is 30.5 Å². The van der Waals surface area contributed by atoms with E-state index in [0.29, 0.717) is 15.6 Å². The van der Waals surface area contributed by atoms with E-state index in [9.17, 15) is 4.79 Å². The van der Waals surface area contributed by atoms with Crippen LogP contribution in [0.5, 0.6) is 0 Å². The molecule has 0 aliphatic carbocycles. The van der Waals surface area contributed by atoms with E-state index in [1.165, 1.54) is 6.08 Å². The first-order valence-corrected chi connectivity index (χ1v) is 6.98. The van der Waals surface area contributed by atoms with Crippen molar-refractivity contribution in [1.29, 1.82) is 0 Å². The number of carbonyl (C=O) groups is 1. The minimum atomic E-state index is -0.0896. The molecule has 1 heterocycles. The molecule has 0 radical (unpaired) electrons. The summed E-state index contributed by atoms with van der Waals surface area (Å²) >= 11 is 11.9. The molecule has 0 bridgehead atoms. The van der Waals surface area contributed by atoms with E-state index in [2.05, 4.69) is 5.10 Å². The highest BCUT2D eigenvalue weighted by Gasteiger charge is 2.10. The fraction of sp³-hybridized carbons (Fsp3) is 0.200. The standard InChI is InChI=1S/C15H14Cl2N2O/c1-3-19-9-13(10(2)18-19)15(20)7-5-11-4-6-12(16)8-14(11)17/h4-9H,3H2,1-2H3/b7-5+. The molecule has 0 N–H and O–H groups in total. The zero-order chi connectivity index (χ0) is 14.7. The first kappa shape index (κ1) is 14.8. The molecule has 0 spiro atoms. The quantitative estimate of drug-likeness (QED) is 0.619. The minimum absolute atomic E-state index is 0.0896. The molecular formula is C15H14Cl2N2O. The second kappa shape index (κ2) is 6.25. The Morgan fingerprint density at radius 1 is 1.40 bits per heavy atom. The van der Waals surface area contributed by atoms with Crippen LogP contribution in [0.25, 0.3) is 6.08 Å². The van der Waals surface area contributed by atoms with Gasteiger partial charge < -0.3 is 0 Å². The third-order valence-corrected chi connectivity index (χ3v) is 3.47. The second-order valence-corrected chi connectivity index (χ2v) is 5.19. The van der Waals surface area contributed by atoms with Crippen molar-refractivity contribution in [1.82, 2.24) is 9.78 Å². The topological polar surface area (TPSA) is 34.9 Å². The van der Waals surface area contributed by atoms with Crippen molar-refractivity contribution in [2.75, 3.05) is 0 Å². The van der Waals surface area contributed by atoms with Crippen LogP contribution in [-0.2, 0) is 6.54 Å². The summed E-state index contributed by atoms with van der Waals surface area (Å²) in [5.74, 6) is -0.0896. The molecule has 0 unspecified atom stereocenters. The molecule has 2 aromatic rings. The predicted molar refractivity (Wildman–Crippen MR) is 82.5 cm³/mol. The van der Waals surface area contributed by atoms with Crippen LogP contribution < -0.4 is 0 Å². The number of carbonyl (C=O) groups excluding carboxylic acids is 1. The summed E-state index contributed by atoms with van der Waals surface area (Å²) in [7, 11) is 0. The lowest BCUT2D eigenvalue weighted by molar-refractivity contribution is 0.104. The Morgan fingerprint density at radius 2 is 2.15 bits per heavy atom. The van der Waals surface area contributed by atoms with Crippen molar-refractivity contribution in [3.63, 3.8) is 0 Å². The molecule has 0 saturated heterocycles. The van der Waals surface area contributed by atoms with Gasteiger partial charge in [-0.05, 0) is 43.7 Å². The Balaban J connectivity index is 2.22. The summed E-state index contributed by atoms with van der Waals surface area (Å²) in [5.41, 5.74) is 2.09. The van der Waals surface area contributed by atoms with Crippen LogP contribution in [0.4, 0.5) is 0 Å². The number of aromatic nitrogens is 2. The zero-order valence-corrected chi connectivity index (χ0v) is 12.7. The summed E-state index contributed by atoms with van der Waals surface area (Å²) in [6, 6.07) is 5.16. The Hall–Kier alpha value is -1.58. The molecule has 104 valence electrons. The van der Waals surface area contributed by atoms with Crippen LogP contribution in [0.3, 0.4) is 0 Å².